The number of carbonyl (C=O) groups is 1. The second-order valence-electron chi connectivity index (χ2n) is 1.43. The lowest BCUT2D eigenvalue weighted by Crippen LogP contribution is -2.24. The van der Waals surface area contributed by atoms with Crippen LogP contribution in [0, 0.1) is 0 Å². The van der Waals surface area contributed by atoms with Crippen LogP contribution in [0.15, 0.2) is 0 Å². The Morgan fingerprint density at radius 1 is 1.70 bits per heavy atom. The lowest BCUT2D eigenvalue weighted by molar-refractivity contribution is 0.0700. The van der Waals surface area contributed by atoms with Crippen molar-refractivity contribution in [2.45, 2.75) is 6.92 Å². The Bertz CT molecular complexity index is 98.9. The van der Waals surface area contributed by atoms with E-state index in [0.29, 0.717) is 15.4 Å². The minimum absolute atomic E-state index is 0.0424. The molecule has 1 amide bonds. The van der Waals surface area contributed by atoms with Crippen molar-refractivity contribution in [1.82, 2.24) is 5.32 Å². The highest BCUT2D eigenvalue weighted by Crippen LogP contribution is 2.02. The maximum atomic E-state index is 10.5. The maximum absolute atomic E-state index is 10.5. The Morgan fingerprint density at radius 2 is 2.40 bits per heavy atom. The Balaban J connectivity index is 3.05. The number of hydrogen-bond donors (Lipinski definition) is 1. The SMILES string of the molecule is CCNC(=O)OCOPC. The molecule has 0 aliphatic rings. The highest BCUT2D eigenvalue weighted by Gasteiger charge is 1.96. The highest BCUT2D eigenvalue weighted by molar-refractivity contribution is 7.31. The zero-order valence-electron chi connectivity index (χ0n) is 6.14. The average Bonchev–Trinajstić information content (AvgIpc) is 1.89. The minimum atomic E-state index is -0.430. The van der Waals surface area contributed by atoms with Gasteiger partial charge in [-0.05, 0) is 13.6 Å². The first-order chi connectivity index (χ1) is 4.81. The first-order valence-electron chi connectivity index (χ1n) is 3.00. The molecule has 0 bridgehead atoms. The second kappa shape index (κ2) is 6.78. The molecule has 0 saturated carbocycles. The number of nitrogens with one attached hydrogen (secondary N) is 1. The van der Waals surface area contributed by atoms with Crippen LogP contribution in [-0.2, 0) is 9.26 Å². The largest absolute Gasteiger partial charge is 0.422 e. The summed E-state index contributed by atoms with van der Waals surface area (Å²) in [6, 6.07) is 0. The van der Waals surface area contributed by atoms with Crippen LogP contribution in [0.3, 0.4) is 0 Å². The van der Waals surface area contributed by atoms with Crippen LogP contribution >= 0.6 is 8.81 Å². The summed E-state index contributed by atoms with van der Waals surface area (Å²) >= 11 is 0. The van der Waals surface area contributed by atoms with Crippen molar-refractivity contribution < 1.29 is 14.1 Å². The molecule has 0 aromatic heterocycles. The van der Waals surface area contributed by atoms with Gasteiger partial charge in [-0.1, -0.05) is 0 Å². The van der Waals surface area contributed by atoms with E-state index in [1.807, 2.05) is 13.6 Å². The van der Waals surface area contributed by atoms with Crippen molar-refractivity contribution in [1.29, 1.82) is 0 Å². The van der Waals surface area contributed by atoms with Gasteiger partial charge in [-0.15, -0.1) is 0 Å². The van der Waals surface area contributed by atoms with Crippen LogP contribution in [0.1, 0.15) is 6.92 Å². The van der Waals surface area contributed by atoms with E-state index in [1.54, 1.807) is 0 Å². The summed E-state index contributed by atoms with van der Waals surface area (Å²) in [5.74, 6) is 0. The van der Waals surface area contributed by atoms with E-state index >= 15 is 0 Å². The fraction of sp³-hybridized carbons (Fsp3) is 0.800. The highest BCUT2D eigenvalue weighted by atomic mass is 31.1. The Labute approximate surface area is 62.1 Å². The zero-order valence-corrected chi connectivity index (χ0v) is 7.14. The summed E-state index contributed by atoms with van der Waals surface area (Å²) in [5.41, 5.74) is 0. The van der Waals surface area contributed by atoms with Crippen molar-refractivity contribution >= 4 is 14.9 Å². The Morgan fingerprint density at radius 3 is 2.90 bits per heavy atom. The normalized spacial score (nSPS) is 10.2. The van der Waals surface area contributed by atoms with E-state index in [-0.39, 0.29) is 6.79 Å². The molecule has 0 saturated heterocycles. The summed E-state index contributed by atoms with van der Waals surface area (Å²) in [4.78, 5) is 10.5. The van der Waals surface area contributed by atoms with Crippen LogP contribution in [0.25, 0.3) is 0 Å². The van der Waals surface area contributed by atoms with E-state index in [0.717, 1.165) is 0 Å². The third kappa shape index (κ3) is 5.79. The zero-order chi connectivity index (χ0) is 7.82. The molecule has 0 radical (unpaired) electrons. The molecule has 0 heterocycles. The molecule has 60 valence electrons. The predicted molar refractivity (Wildman–Crippen MR) is 40.3 cm³/mol. The van der Waals surface area contributed by atoms with Crippen LogP contribution in [-0.4, -0.2) is 26.1 Å². The van der Waals surface area contributed by atoms with Gasteiger partial charge in [0, 0.05) is 15.4 Å². The molecule has 1 unspecified atom stereocenters. The smallest absolute Gasteiger partial charge is 0.409 e. The molecule has 1 N–H and O–H groups in total. The summed E-state index contributed by atoms with van der Waals surface area (Å²) in [7, 11) is 0.354. The number of ether oxygens (including phenoxy) is 1. The third-order valence-electron chi connectivity index (χ3n) is 0.714. The van der Waals surface area contributed by atoms with Gasteiger partial charge in [0.2, 0.25) is 0 Å². The van der Waals surface area contributed by atoms with Gasteiger partial charge in [-0.2, -0.15) is 0 Å². The molecule has 1 atom stereocenters. The van der Waals surface area contributed by atoms with E-state index in [2.05, 4.69) is 10.1 Å². The summed E-state index contributed by atoms with van der Waals surface area (Å²) in [6.45, 7) is 4.30. The monoisotopic (exact) mass is 165 g/mol. The van der Waals surface area contributed by atoms with Gasteiger partial charge < -0.3 is 14.6 Å². The lowest BCUT2D eigenvalue weighted by Gasteiger charge is -2.03. The molecule has 0 aromatic carbocycles. The molecular weight excluding hydrogens is 153 g/mol. The number of carbonyl (C=O) groups excluding carboxylic acids is 1. The number of rotatable bonds is 4. The van der Waals surface area contributed by atoms with Gasteiger partial charge in [-0.25, -0.2) is 4.79 Å². The van der Waals surface area contributed by atoms with Crippen LogP contribution < -0.4 is 5.32 Å². The fourth-order valence-electron chi connectivity index (χ4n) is 0.337. The van der Waals surface area contributed by atoms with Crippen molar-refractivity contribution in [2.75, 3.05) is 20.0 Å². The van der Waals surface area contributed by atoms with Gasteiger partial charge in [0.1, 0.15) is 0 Å². The first kappa shape index (κ1) is 9.66. The third-order valence-corrected chi connectivity index (χ3v) is 1.12. The molecule has 0 fully saturated rings. The molecule has 0 rings (SSSR count). The molecule has 5 heteroatoms. The molecule has 0 aliphatic carbocycles. The van der Waals surface area contributed by atoms with Crippen LogP contribution in [0.5, 0.6) is 0 Å². The standard InChI is InChI=1S/C5H12NO3P/c1-3-6-5(7)8-4-9-10-2/h10H,3-4H2,1-2H3,(H,6,7). The second-order valence-corrected chi connectivity index (χ2v) is 2.13. The summed E-state index contributed by atoms with van der Waals surface area (Å²) in [6.07, 6.45) is -0.430. The van der Waals surface area contributed by atoms with E-state index in [4.69, 9.17) is 4.52 Å². The fourth-order valence-corrected chi connectivity index (χ4v) is 0.514. The minimum Gasteiger partial charge on any atom is -0.422 e. The Kier molecular flexibility index (Phi) is 6.55. The lowest BCUT2D eigenvalue weighted by atomic mass is 10.8. The Hall–Kier alpha value is -0.340. The maximum Gasteiger partial charge on any atom is 0.409 e. The summed E-state index contributed by atoms with van der Waals surface area (Å²) < 4.78 is 9.35. The van der Waals surface area contributed by atoms with Gasteiger partial charge in [0.05, 0.1) is 0 Å². The first-order valence-corrected chi connectivity index (χ1v) is 4.41. The van der Waals surface area contributed by atoms with Gasteiger partial charge in [0.15, 0.2) is 6.79 Å². The van der Waals surface area contributed by atoms with Crippen molar-refractivity contribution in [3.8, 4) is 0 Å². The molecule has 0 aliphatic heterocycles. The average molecular weight is 165 g/mol. The predicted octanol–water partition coefficient (Wildman–Crippen LogP) is 0.930. The molecule has 10 heavy (non-hydrogen) atoms. The molecule has 4 nitrogen and oxygen atoms in total. The number of amides is 1. The quantitative estimate of drug-likeness (QED) is 0.383. The van der Waals surface area contributed by atoms with Crippen molar-refractivity contribution in [2.24, 2.45) is 0 Å². The van der Waals surface area contributed by atoms with E-state index in [1.165, 1.54) is 0 Å². The van der Waals surface area contributed by atoms with E-state index in [9.17, 15) is 4.79 Å². The molecule has 0 aromatic rings. The van der Waals surface area contributed by atoms with Gasteiger partial charge >= 0.3 is 6.09 Å². The van der Waals surface area contributed by atoms with E-state index < -0.39 is 6.09 Å². The van der Waals surface area contributed by atoms with Crippen LogP contribution in [0.4, 0.5) is 4.79 Å². The topological polar surface area (TPSA) is 47.6 Å². The summed E-state index contributed by atoms with van der Waals surface area (Å²) in [5, 5.41) is 2.47. The van der Waals surface area contributed by atoms with Crippen molar-refractivity contribution in [3.63, 3.8) is 0 Å². The van der Waals surface area contributed by atoms with Crippen LogP contribution in [0.2, 0.25) is 0 Å². The van der Waals surface area contributed by atoms with Gasteiger partial charge in [-0.3, -0.25) is 0 Å². The van der Waals surface area contributed by atoms with Crippen molar-refractivity contribution in [3.05, 3.63) is 0 Å². The molecular formula is C5H12NO3P. The van der Waals surface area contributed by atoms with Gasteiger partial charge in [0.25, 0.3) is 0 Å². The molecule has 0 spiro atoms. The number of hydrogen-bond acceptors (Lipinski definition) is 3. The number of alkyl carbamates (subject to hydrolysis) is 1.